The van der Waals surface area contributed by atoms with Gasteiger partial charge < -0.3 is 34.1 Å². The van der Waals surface area contributed by atoms with Crippen LogP contribution in [0.4, 0.5) is 9.18 Å². The maximum atomic E-state index is 14.2. The third-order valence-electron chi connectivity index (χ3n) is 7.32. The number of carbonyl (C=O) groups excluding carboxylic acids is 5. The number of nitrogens with one attached hydrogen (secondary N) is 1. The summed E-state index contributed by atoms with van der Waals surface area (Å²) in [4.78, 5) is 67.5. The first-order valence-electron chi connectivity index (χ1n) is 16.2. The van der Waals surface area contributed by atoms with Crippen LogP contribution in [0.25, 0.3) is 5.69 Å². The van der Waals surface area contributed by atoms with Crippen LogP contribution in [-0.4, -0.2) is 100 Å². The van der Waals surface area contributed by atoms with E-state index in [-0.39, 0.29) is 69.5 Å². The van der Waals surface area contributed by atoms with Crippen LogP contribution in [0.15, 0.2) is 60.7 Å². The van der Waals surface area contributed by atoms with E-state index in [9.17, 15) is 28.4 Å². The van der Waals surface area contributed by atoms with Crippen molar-refractivity contribution < 1.29 is 47.3 Å². The second kappa shape index (κ2) is 17.3. The maximum absolute atomic E-state index is 14.2. The van der Waals surface area contributed by atoms with Crippen molar-refractivity contribution >= 4 is 29.8 Å². The lowest BCUT2D eigenvalue weighted by Crippen LogP contribution is -2.56. The Bertz CT molecular complexity index is 1650. The van der Waals surface area contributed by atoms with E-state index in [1.807, 2.05) is 18.2 Å². The fraction of sp³-hybridized carbons (Fsp3) is 0.429. The van der Waals surface area contributed by atoms with Crippen molar-refractivity contribution in [3.63, 3.8) is 0 Å². The second-order valence-electron chi connectivity index (χ2n) is 12.4. The van der Waals surface area contributed by atoms with E-state index in [2.05, 4.69) is 10.4 Å². The van der Waals surface area contributed by atoms with E-state index < -0.39 is 53.9 Å². The van der Waals surface area contributed by atoms with Crippen LogP contribution in [0.1, 0.15) is 56.6 Å². The Kier molecular flexibility index (Phi) is 12.9. The second-order valence-corrected chi connectivity index (χ2v) is 12.4. The molecule has 1 saturated heterocycles. The van der Waals surface area contributed by atoms with E-state index in [1.165, 1.54) is 40.1 Å². The lowest BCUT2D eigenvalue weighted by Gasteiger charge is -2.36. The van der Waals surface area contributed by atoms with Gasteiger partial charge in [-0.2, -0.15) is 5.10 Å². The highest BCUT2D eigenvalue weighted by molar-refractivity contribution is 5.96. The SMILES string of the molecule is CCOC(=O)N1CCN(C(=O)[C@H](CCC(=O)OC(C)(C)C)NC(=O)c2cc(OCC(=O)OCc3ccccc3)n(-c3cccc(F)c3)n2)CC1. The molecule has 2 heterocycles. The summed E-state index contributed by atoms with van der Waals surface area (Å²) in [5.74, 6) is -3.14. The molecule has 1 N–H and O–H groups in total. The van der Waals surface area contributed by atoms with Crippen LogP contribution < -0.4 is 10.1 Å². The van der Waals surface area contributed by atoms with Gasteiger partial charge in [-0.05, 0) is 57.9 Å². The molecule has 0 spiro atoms. The molecule has 0 aliphatic carbocycles. The Labute approximate surface area is 289 Å². The molecule has 3 aromatic rings. The van der Waals surface area contributed by atoms with Crippen LogP contribution in [0.3, 0.4) is 0 Å². The van der Waals surface area contributed by atoms with Crippen molar-refractivity contribution in [1.29, 1.82) is 0 Å². The highest BCUT2D eigenvalue weighted by Crippen LogP contribution is 2.21. The lowest BCUT2D eigenvalue weighted by molar-refractivity contribution is -0.155. The van der Waals surface area contributed by atoms with Crippen LogP contribution in [0.5, 0.6) is 5.88 Å². The first kappa shape index (κ1) is 37.4. The molecule has 1 aliphatic rings. The van der Waals surface area contributed by atoms with Gasteiger partial charge >= 0.3 is 18.0 Å². The Morgan fingerprint density at radius 2 is 1.60 bits per heavy atom. The molecule has 0 saturated carbocycles. The van der Waals surface area contributed by atoms with Gasteiger partial charge in [0.25, 0.3) is 5.91 Å². The van der Waals surface area contributed by atoms with Crippen molar-refractivity contribution in [2.45, 2.75) is 58.8 Å². The topological polar surface area (TPSA) is 159 Å². The summed E-state index contributed by atoms with van der Waals surface area (Å²) in [5, 5.41) is 6.96. The van der Waals surface area contributed by atoms with Gasteiger partial charge in [0.1, 0.15) is 24.1 Å². The number of carbonyl (C=O) groups is 5. The number of aromatic nitrogens is 2. The number of rotatable bonds is 13. The largest absolute Gasteiger partial charge is 0.466 e. The number of halogens is 1. The van der Waals surface area contributed by atoms with E-state index in [4.69, 9.17) is 18.9 Å². The normalized spacial score (nSPS) is 13.6. The number of esters is 2. The predicted octanol–water partition coefficient (Wildman–Crippen LogP) is 3.65. The van der Waals surface area contributed by atoms with Crippen molar-refractivity contribution in [1.82, 2.24) is 24.9 Å². The Balaban J connectivity index is 1.51. The summed E-state index contributed by atoms with van der Waals surface area (Å²) in [7, 11) is 0. The number of nitrogens with zero attached hydrogens (tertiary/aromatic N) is 4. The Morgan fingerprint density at radius 1 is 0.900 bits per heavy atom. The third-order valence-corrected chi connectivity index (χ3v) is 7.32. The molecule has 15 heteroatoms. The molecule has 268 valence electrons. The molecular weight excluding hydrogens is 653 g/mol. The van der Waals surface area contributed by atoms with E-state index in [0.29, 0.717) is 0 Å². The zero-order valence-electron chi connectivity index (χ0n) is 28.6. The quantitative estimate of drug-likeness (QED) is 0.207. The molecule has 50 heavy (non-hydrogen) atoms. The zero-order chi connectivity index (χ0) is 36.3. The average Bonchev–Trinajstić information content (AvgIpc) is 3.52. The molecule has 1 aliphatic heterocycles. The molecule has 1 fully saturated rings. The van der Waals surface area contributed by atoms with Crippen molar-refractivity contribution in [2.75, 3.05) is 39.4 Å². The van der Waals surface area contributed by atoms with Crippen molar-refractivity contribution in [3.05, 3.63) is 77.7 Å². The fourth-order valence-electron chi connectivity index (χ4n) is 4.97. The minimum atomic E-state index is -1.17. The fourth-order valence-corrected chi connectivity index (χ4v) is 4.97. The standard InChI is InChI=1S/C35H42FN5O9/c1-5-47-34(46)40-18-16-39(17-19-40)33(45)27(14-15-30(42)50-35(2,3)4)37-32(44)28-21-29(41(38-28)26-13-9-12-25(36)20-26)48-23-31(43)49-22-24-10-7-6-8-11-24/h6-13,20-21,27H,5,14-19,22-23H2,1-4H3,(H,37,44)/t27-/m0/s1. The molecule has 4 rings (SSSR count). The molecule has 2 aromatic carbocycles. The van der Waals surface area contributed by atoms with Crippen LogP contribution in [-0.2, 0) is 35.2 Å². The summed E-state index contributed by atoms with van der Waals surface area (Å²) in [6.07, 6.45) is -0.738. The number of piperazine rings is 1. The minimum absolute atomic E-state index is 0.0242. The first-order valence-corrected chi connectivity index (χ1v) is 16.2. The van der Waals surface area contributed by atoms with Gasteiger partial charge in [0.15, 0.2) is 12.3 Å². The summed E-state index contributed by atoms with van der Waals surface area (Å²) in [5.41, 5.74) is 0.0243. The predicted molar refractivity (Wildman–Crippen MR) is 177 cm³/mol. The summed E-state index contributed by atoms with van der Waals surface area (Å²) in [6, 6.07) is 14.5. The molecule has 1 atom stereocenters. The molecule has 0 unspecified atom stereocenters. The lowest BCUT2D eigenvalue weighted by atomic mass is 10.1. The number of ether oxygens (including phenoxy) is 4. The van der Waals surface area contributed by atoms with Gasteiger partial charge in [-0.25, -0.2) is 18.7 Å². The van der Waals surface area contributed by atoms with E-state index in [1.54, 1.807) is 39.8 Å². The number of amides is 3. The van der Waals surface area contributed by atoms with Gasteiger partial charge in [-0.15, -0.1) is 0 Å². The number of hydrogen-bond acceptors (Lipinski definition) is 10. The Hall–Kier alpha value is -5.47. The van der Waals surface area contributed by atoms with E-state index in [0.717, 1.165) is 10.2 Å². The smallest absolute Gasteiger partial charge is 0.409 e. The minimum Gasteiger partial charge on any atom is -0.466 e. The molecule has 0 bridgehead atoms. The number of hydrogen-bond donors (Lipinski definition) is 1. The van der Waals surface area contributed by atoms with E-state index >= 15 is 0 Å². The van der Waals surface area contributed by atoms with Gasteiger partial charge in [-0.3, -0.25) is 14.4 Å². The van der Waals surface area contributed by atoms with Crippen LogP contribution >= 0.6 is 0 Å². The Morgan fingerprint density at radius 3 is 2.26 bits per heavy atom. The molecule has 14 nitrogen and oxygen atoms in total. The maximum Gasteiger partial charge on any atom is 0.409 e. The van der Waals surface area contributed by atoms with Crippen molar-refractivity contribution in [2.24, 2.45) is 0 Å². The van der Waals surface area contributed by atoms with Crippen molar-refractivity contribution in [3.8, 4) is 11.6 Å². The van der Waals surface area contributed by atoms with Gasteiger partial charge in [0.05, 0.1) is 12.3 Å². The molecular formula is C35H42FN5O9. The highest BCUT2D eigenvalue weighted by atomic mass is 19.1. The molecule has 1 aromatic heterocycles. The summed E-state index contributed by atoms with van der Waals surface area (Å²) in [6.45, 7) is 7.38. The highest BCUT2D eigenvalue weighted by Gasteiger charge is 2.32. The molecule has 3 amide bonds. The molecule has 0 radical (unpaired) electrons. The summed E-state index contributed by atoms with van der Waals surface area (Å²) >= 11 is 0. The third kappa shape index (κ3) is 11.0. The van der Waals surface area contributed by atoms with Gasteiger partial charge in [0, 0.05) is 38.7 Å². The number of benzene rings is 2. The monoisotopic (exact) mass is 695 g/mol. The average molecular weight is 696 g/mol. The van der Waals surface area contributed by atoms with Crippen LogP contribution in [0.2, 0.25) is 0 Å². The van der Waals surface area contributed by atoms with Gasteiger partial charge in [0.2, 0.25) is 11.8 Å². The summed E-state index contributed by atoms with van der Waals surface area (Å²) < 4.78 is 36.7. The zero-order valence-corrected chi connectivity index (χ0v) is 28.6. The first-order chi connectivity index (χ1) is 23.8. The van der Waals surface area contributed by atoms with Gasteiger partial charge in [-0.1, -0.05) is 36.4 Å². The van der Waals surface area contributed by atoms with Crippen LogP contribution in [0, 0.1) is 5.82 Å².